The molecular formula is C13H19N5. The van der Waals surface area contributed by atoms with Crippen LogP contribution in [-0.4, -0.2) is 33.2 Å². The highest BCUT2D eigenvalue weighted by Gasteiger charge is 2.20. The van der Waals surface area contributed by atoms with Gasteiger partial charge in [0.2, 0.25) is 0 Å². The van der Waals surface area contributed by atoms with Crippen molar-refractivity contribution in [3.63, 3.8) is 0 Å². The zero-order chi connectivity index (χ0) is 12.4. The highest BCUT2D eigenvalue weighted by Crippen LogP contribution is 2.16. The average molecular weight is 245 g/mol. The molecule has 5 heteroatoms. The van der Waals surface area contributed by atoms with Gasteiger partial charge in [-0.2, -0.15) is 0 Å². The summed E-state index contributed by atoms with van der Waals surface area (Å²) in [6.45, 7) is 0.938. The van der Waals surface area contributed by atoms with Gasteiger partial charge in [-0.25, -0.2) is 0 Å². The Labute approximate surface area is 106 Å². The second-order valence-corrected chi connectivity index (χ2v) is 5.02. The van der Waals surface area contributed by atoms with Gasteiger partial charge in [0, 0.05) is 31.2 Å². The SMILES string of the molecule is NC1CCC(NCCc2nnc3ccccn23)C1. The van der Waals surface area contributed by atoms with Crippen molar-refractivity contribution < 1.29 is 0 Å². The van der Waals surface area contributed by atoms with Gasteiger partial charge in [-0.1, -0.05) is 6.07 Å². The molecule has 3 N–H and O–H groups in total. The predicted octanol–water partition coefficient (Wildman–Crippen LogP) is 0.741. The number of hydrogen-bond acceptors (Lipinski definition) is 4. The molecule has 0 amide bonds. The molecule has 2 aromatic heterocycles. The van der Waals surface area contributed by atoms with E-state index in [1.165, 1.54) is 6.42 Å². The molecule has 2 heterocycles. The smallest absolute Gasteiger partial charge is 0.160 e. The van der Waals surface area contributed by atoms with Gasteiger partial charge in [0.25, 0.3) is 0 Å². The van der Waals surface area contributed by atoms with Gasteiger partial charge in [0.1, 0.15) is 5.82 Å². The molecule has 1 fully saturated rings. The minimum absolute atomic E-state index is 0.386. The van der Waals surface area contributed by atoms with E-state index in [1.54, 1.807) is 0 Å². The van der Waals surface area contributed by atoms with E-state index in [-0.39, 0.29) is 0 Å². The first-order valence-corrected chi connectivity index (χ1v) is 6.60. The maximum absolute atomic E-state index is 5.90. The molecule has 0 saturated heterocycles. The Morgan fingerprint density at radius 1 is 1.33 bits per heavy atom. The standard InChI is InChI=1S/C13H19N5/c14-10-4-5-11(9-10)15-7-6-13-17-16-12-3-1-2-8-18(12)13/h1-3,8,10-11,15H,4-7,9,14H2. The second kappa shape index (κ2) is 5.04. The Bertz CT molecular complexity index is 521. The molecular weight excluding hydrogens is 226 g/mol. The summed E-state index contributed by atoms with van der Waals surface area (Å²) in [7, 11) is 0. The zero-order valence-electron chi connectivity index (χ0n) is 10.4. The van der Waals surface area contributed by atoms with Gasteiger partial charge in [-0.3, -0.25) is 4.40 Å². The van der Waals surface area contributed by atoms with Crippen molar-refractivity contribution in [1.82, 2.24) is 19.9 Å². The zero-order valence-corrected chi connectivity index (χ0v) is 10.4. The Morgan fingerprint density at radius 2 is 2.28 bits per heavy atom. The van der Waals surface area contributed by atoms with E-state index < -0.39 is 0 Å². The van der Waals surface area contributed by atoms with Crippen molar-refractivity contribution in [3.05, 3.63) is 30.2 Å². The summed E-state index contributed by atoms with van der Waals surface area (Å²) < 4.78 is 2.04. The Hall–Kier alpha value is -1.46. The second-order valence-electron chi connectivity index (χ2n) is 5.02. The summed E-state index contributed by atoms with van der Waals surface area (Å²) in [5.74, 6) is 1.01. The molecule has 18 heavy (non-hydrogen) atoms. The highest BCUT2D eigenvalue weighted by atomic mass is 15.2. The lowest BCUT2D eigenvalue weighted by atomic mass is 10.2. The van der Waals surface area contributed by atoms with E-state index in [0.717, 1.165) is 37.3 Å². The van der Waals surface area contributed by atoms with E-state index in [4.69, 9.17) is 5.73 Å². The van der Waals surface area contributed by atoms with E-state index in [0.29, 0.717) is 12.1 Å². The van der Waals surface area contributed by atoms with Crippen LogP contribution in [0, 0.1) is 0 Å². The third-order valence-corrected chi connectivity index (χ3v) is 3.64. The topological polar surface area (TPSA) is 68.2 Å². The number of aromatic nitrogens is 3. The summed E-state index contributed by atoms with van der Waals surface area (Å²) in [6, 6.07) is 6.92. The lowest BCUT2D eigenvalue weighted by molar-refractivity contribution is 0.516. The lowest BCUT2D eigenvalue weighted by Gasteiger charge is -2.11. The van der Waals surface area contributed by atoms with Crippen LogP contribution < -0.4 is 11.1 Å². The molecule has 1 saturated carbocycles. The van der Waals surface area contributed by atoms with Crippen LogP contribution >= 0.6 is 0 Å². The maximum Gasteiger partial charge on any atom is 0.160 e. The monoisotopic (exact) mass is 245 g/mol. The Morgan fingerprint density at radius 3 is 3.11 bits per heavy atom. The minimum Gasteiger partial charge on any atom is -0.328 e. The van der Waals surface area contributed by atoms with Crippen molar-refractivity contribution in [2.75, 3.05) is 6.54 Å². The van der Waals surface area contributed by atoms with E-state index in [2.05, 4.69) is 15.5 Å². The van der Waals surface area contributed by atoms with Gasteiger partial charge in [-0.15, -0.1) is 10.2 Å². The highest BCUT2D eigenvalue weighted by molar-refractivity contribution is 5.36. The van der Waals surface area contributed by atoms with Crippen LogP contribution in [0.25, 0.3) is 5.65 Å². The predicted molar refractivity (Wildman–Crippen MR) is 70.3 cm³/mol. The van der Waals surface area contributed by atoms with Crippen LogP contribution in [0.5, 0.6) is 0 Å². The molecule has 2 aromatic rings. The number of nitrogens with one attached hydrogen (secondary N) is 1. The number of nitrogens with zero attached hydrogens (tertiary/aromatic N) is 3. The maximum atomic E-state index is 5.90. The summed E-state index contributed by atoms with van der Waals surface area (Å²) in [5.41, 5.74) is 6.81. The van der Waals surface area contributed by atoms with Crippen LogP contribution in [0.4, 0.5) is 0 Å². The van der Waals surface area contributed by atoms with Crippen molar-refractivity contribution in [1.29, 1.82) is 0 Å². The van der Waals surface area contributed by atoms with Crippen LogP contribution in [0.15, 0.2) is 24.4 Å². The average Bonchev–Trinajstić information content (AvgIpc) is 2.97. The summed E-state index contributed by atoms with van der Waals surface area (Å²) in [4.78, 5) is 0. The summed E-state index contributed by atoms with van der Waals surface area (Å²) in [5, 5.41) is 11.9. The third-order valence-electron chi connectivity index (χ3n) is 3.64. The fourth-order valence-electron chi connectivity index (χ4n) is 2.65. The molecule has 0 spiro atoms. The molecule has 0 aromatic carbocycles. The molecule has 0 aliphatic heterocycles. The molecule has 3 rings (SSSR count). The van der Waals surface area contributed by atoms with Crippen LogP contribution in [0.3, 0.4) is 0 Å². The first-order chi connectivity index (χ1) is 8.83. The molecule has 0 bridgehead atoms. The molecule has 1 aliphatic rings. The molecule has 2 unspecified atom stereocenters. The van der Waals surface area contributed by atoms with Crippen molar-refractivity contribution in [3.8, 4) is 0 Å². The molecule has 1 aliphatic carbocycles. The number of pyridine rings is 1. The van der Waals surface area contributed by atoms with Crippen molar-refractivity contribution in [2.24, 2.45) is 5.73 Å². The van der Waals surface area contributed by atoms with Crippen LogP contribution in [-0.2, 0) is 6.42 Å². The summed E-state index contributed by atoms with van der Waals surface area (Å²) >= 11 is 0. The number of rotatable bonds is 4. The van der Waals surface area contributed by atoms with E-state index in [9.17, 15) is 0 Å². The molecule has 2 atom stereocenters. The van der Waals surface area contributed by atoms with Crippen molar-refractivity contribution in [2.45, 2.75) is 37.8 Å². The molecule has 96 valence electrons. The van der Waals surface area contributed by atoms with E-state index >= 15 is 0 Å². The molecule has 0 radical (unpaired) electrons. The van der Waals surface area contributed by atoms with Gasteiger partial charge >= 0.3 is 0 Å². The van der Waals surface area contributed by atoms with Crippen molar-refractivity contribution >= 4 is 5.65 Å². The van der Waals surface area contributed by atoms with Gasteiger partial charge in [0.05, 0.1) is 0 Å². The molecule has 5 nitrogen and oxygen atoms in total. The van der Waals surface area contributed by atoms with Gasteiger partial charge in [-0.05, 0) is 31.4 Å². The van der Waals surface area contributed by atoms with Gasteiger partial charge in [0.15, 0.2) is 5.65 Å². The third kappa shape index (κ3) is 2.37. The fourth-order valence-corrected chi connectivity index (χ4v) is 2.65. The summed E-state index contributed by atoms with van der Waals surface area (Å²) in [6.07, 6.45) is 6.35. The van der Waals surface area contributed by atoms with Gasteiger partial charge < -0.3 is 11.1 Å². The lowest BCUT2D eigenvalue weighted by Crippen LogP contribution is -2.30. The van der Waals surface area contributed by atoms with Crippen LogP contribution in [0.2, 0.25) is 0 Å². The van der Waals surface area contributed by atoms with Crippen LogP contribution in [0.1, 0.15) is 25.1 Å². The number of nitrogens with two attached hydrogens (primary N) is 1. The first kappa shape index (κ1) is 11.6. The quantitative estimate of drug-likeness (QED) is 0.833. The Kier molecular flexibility index (Phi) is 3.25. The minimum atomic E-state index is 0.386. The normalized spacial score (nSPS) is 23.8. The van der Waals surface area contributed by atoms with E-state index in [1.807, 2.05) is 28.8 Å². The first-order valence-electron chi connectivity index (χ1n) is 6.60. The number of hydrogen-bond donors (Lipinski definition) is 2. The largest absolute Gasteiger partial charge is 0.328 e. The fraction of sp³-hybridized carbons (Fsp3) is 0.538. The Balaban J connectivity index is 1.57. The number of fused-ring (bicyclic) bond motifs is 1.